The van der Waals surface area contributed by atoms with Crippen LogP contribution in [0, 0.1) is 11.7 Å². The molecule has 9 heteroatoms. The highest BCUT2D eigenvalue weighted by Crippen LogP contribution is 2.50. The van der Waals surface area contributed by atoms with E-state index in [0.29, 0.717) is 28.5 Å². The second kappa shape index (κ2) is 8.92. The third-order valence-corrected chi connectivity index (χ3v) is 6.24. The van der Waals surface area contributed by atoms with Gasteiger partial charge in [-0.3, -0.25) is 14.4 Å². The Labute approximate surface area is 201 Å². The van der Waals surface area contributed by atoms with E-state index < -0.39 is 35.7 Å². The number of rotatable bonds is 6. The van der Waals surface area contributed by atoms with Crippen LogP contribution in [0.1, 0.15) is 11.6 Å². The van der Waals surface area contributed by atoms with E-state index in [-0.39, 0.29) is 5.69 Å². The van der Waals surface area contributed by atoms with Gasteiger partial charge >= 0.3 is 0 Å². The smallest absolute Gasteiger partial charge is 0.266 e. The lowest BCUT2D eigenvalue weighted by atomic mass is 9.90. The Kier molecular flexibility index (Phi) is 5.78. The molecular weight excluding hydrogens is 455 g/mol. The number of benzene rings is 3. The maximum absolute atomic E-state index is 13.7. The number of hydrogen-bond acceptors (Lipinski definition) is 7. The molecule has 2 fully saturated rings. The summed E-state index contributed by atoms with van der Waals surface area (Å²) in [6.45, 7) is 0. The van der Waals surface area contributed by atoms with Gasteiger partial charge in [-0.15, -0.1) is 0 Å². The molecule has 0 spiro atoms. The van der Waals surface area contributed by atoms with E-state index >= 15 is 0 Å². The molecule has 0 aliphatic carbocycles. The Morgan fingerprint density at radius 3 is 2.00 bits per heavy atom. The second-order valence-electron chi connectivity index (χ2n) is 8.10. The molecule has 2 aliphatic rings. The van der Waals surface area contributed by atoms with Gasteiger partial charge in [0.25, 0.3) is 5.91 Å². The van der Waals surface area contributed by atoms with Gasteiger partial charge in [-0.2, -0.15) is 0 Å². The van der Waals surface area contributed by atoms with Crippen molar-refractivity contribution in [3.05, 3.63) is 78.1 Å². The first kappa shape index (κ1) is 22.7. The SMILES string of the molecule is COc1cc([C@H]2[C@@H]3C(=O)N(c4ccc(F)cc4)C(=O)[C@H]3ON2c2ccccc2)cc(OC)c1OC. The molecule has 180 valence electrons. The van der Waals surface area contributed by atoms with Crippen molar-refractivity contribution in [3.8, 4) is 17.2 Å². The van der Waals surface area contributed by atoms with Gasteiger partial charge in [0.1, 0.15) is 11.7 Å². The second-order valence-corrected chi connectivity index (χ2v) is 8.10. The van der Waals surface area contributed by atoms with Crippen molar-refractivity contribution >= 4 is 23.2 Å². The number of para-hydroxylation sites is 1. The fraction of sp³-hybridized carbons (Fsp3) is 0.231. The number of fused-ring (bicyclic) bond motifs is 1. The molecule has 3 aromatic rings. The van der Waals surface area contributed by atoms with Crippen LogP contribution in [0.4, 0.5) is 15.8 Å². The number of carbonyl (C=O) groups is 2. The molecule has 2 heterocycles. The van der Waals surface area contributed by atoms with Crippen molar-refractivity contribution in [2.75, 3.05) is 31.3 Å². The van der Waals surface area contributed by atoms with Crippen molar-refractivity contribution in [2.24, 2.45) is 5.92 Å². The molecule has 2 amide bonds. The minimum atomic E-state index is -1.06. The minimum Gasteiger partial charge on any atom is -0.493 e. The molecule has 35 heavy (non-hydrogen) atoms. The molecular formula is C26H23FN2O6. The normalized spacial score (nSPS) is 21.3. The molecule has 0 radical (unpaired) electrons. The van der Waals surface area contributed by atoms with Crippen LogP contribution in [-0.2, 0) is 14.4 Å². The number of nitrogens with zero attached hydrogens (tertiary/aromatic N) is 2. The Morgan fingerprint density at radius 2 is 1.43 bits per heavy atom. The maximum atomic E-state index is 13.7. The monoisotopic (exact) mass is 478 g/mol. The number of ether oxygens (including phenoxy) is 3. The molecule has 0 aromatic heterocycles. The highest BCUT2D eigenvalue weighted by molar-refractivity contribution is 6.23. The standard InChI is InChI=1S/C26H23FN2O6/c1-32-19-13-15(14-20(33-2)23(19)34-3)22-21-24(35-29(22)18-7-5-4-6-8-18)26(31)28(25(21)30)17-11-9-16(27)10-12-17/h4-14,21-22,24H,1-3H3/t21-,22-,24-/m0/s1. The first-order valence-electron chi connectivity index (χ1n) is 10.9. The molecule has 0 saturated carbocycles. The number of halogens is 1. The maximum Gasteiger partial charge on any atom is 0.266 e. The average molecular weight is 478 g/mol. The zero-order valence-electron chi connectivity index (χ0n) is 19.3. The van der Waals surface area contributed by atoms with Crippen molar-refractivity contribution in [1.82, 2.24) is 0 Å². The lowest BCUT2D eigenvalue weighted by molar-refractivity contribution is -0.126. The number of carbonyl (C=O) groups excluding carboxylic acids is 2. The first-order valence-corrected chi connectivity index (χ1v) is 10.9. The van der Waals surface area contributed by atoms with Gasteiger partial charge in [0.2, 0.25) is 11.7 Å². The predicted molar refractivity (Wildman–Crippen MR) is 125 cm³/mol. The van der Waals surface area contributed by atoms with Crippen LogP contribution in [-0.4, -0.2) is 39.2 Å². The molecule has 0 N–H and O–H groups in total. The van der Waals surface area contributed by atoms with E-state index in [1.807, 2.05) is 30.3 Å². The van der Waals surface area contributed by atoms with Crippen LogP contribution < -0.4 is 24.2 Å². The summed E-state index contributed by atoms with van der Waals surface area (Å²) in [7, 11) is 4.51. The number of hydrogen-bond donors (Lipinski definition) is 0. The summed E-state index contributed by atoms with van der Waals surface area (Å²) in [6, 6.07) is 17.2. The molecule has 0 unspecified atom stereocenters. The predicted octanol–water partition coefficient (Wildman–Crippen LogP) is 3.90. The molecule has 2 saturated heterocycles. The molecule has 2 aliphatic heterocycles. The highest BCUT2D eigenvalue weighted by atomic mass is 19.1. The summed E-state index contributed by atoms with van der Waals surface area (Å²) in [5.41, 5.74) is 1.60. The van der Waals surface area contributed by atoms with E-state index in [1.165, 1.54) is 45.6 Å². The Bertz CT molecular complexity index is 1240. The number of anilines is 2. The van der Waals surface area contributed by atoms with Gasteiger partial charge in [0, 0.05) is 0 Å². The van der Waals surface area contributed by atoms with Crippen molar-refractivity contribution < 1.29 is 33.0 Å². The van der Waals surface area contributed by atoms with Crippen molar-refractivity contribution in [1.29, 1.82) is 0 Å². The van der Waals surface area contributed by atoms with Gasteiger partial charge in [-0.1, -0.05) is 18.2 Å². The summed E-state index contributed by atoms with van der Waals surface area (Å²) in [4.78, 5) is 34.3. The zero-order chi connectivity index (χ0) is 24.7. The number of imide groups is 1. The van der Waals surface area contributed by atoms with Gasteiger partial charge in [0.05, 0.1) is 38.7 Å². The number of methoxy groups -OCH3 is 3. The molecule has 5 rings (SSSR count). The largest absolute Gasteiger partial charge is 0.493 e. The first-order chi connectivity index (χ1) is 17.0. The highest BCUT2D eigenvalue weighted by Gasteiger charge is 2.60. The van der Waals surface area contributed by atoms with Gasteiger partial charge in [-0.25, -0.2) is 14.4 Å². The summed E-state index contributed by atoms with van der Waals surface area (Å²) in [6.07, 6.45) is -1.06. The van der Waals surface area contributed by atoms with E-state index in [1.54, 1.807) is 17.2 Å². The van der Waals surface area contributed by atoms with Crippen molar-refractivity contribution in [3.63, 3.8) is 0 Å². The number of hydroxylamine groups is 1. The van der Waals surface area contributed by atoms with E-state index in [9.17, 15) is 14.0 Å². The third-order valence-electron chi connectivity index (χ3n) is 6.24. The van der Waals surface area contributed by atoms with Gasteiger partial charge in [-0.05, 0) is 54.1 Å². The Balaban J connectivity index is 1.64. The fourth-order valence-electron chi connectivity index (χ4n) is 4.67. The Morgan fingerprint density at radius 1 is 0.800 bits per heavy atom. The van der Waals surface area contributed by atoms with Gasteiger partial charge in [0.15, 0.2) is 17.6 Å². The number of amides is 2. The van der Waals surface area contributed by atoms with Crippen LogP contribution in [0.2, 0.25) is 0 Å². The van der Waals surface area contributed by atoms with Crippen LogP contribution in [0.25, 0.3) is 0 Å². The summed E-state index contributed by atoms with van der Waals surface area (Å²) >= 11 is 0. The summed E-state index contributed by atoms with van der Waals surface area (Å²) in [5.74, 6) is -1.06. The average Bonchev–Trinajstić information content (AvgIpc) is 3.40. The summed E-state index contributed by atoms with van der Waals surface area (Å²) in [5, 5.41) is 1.58. The topological polar surface area (TPSA) is 77.5 Å². The van der Waals surface area contributed by atoms with E-state index in [4.69, 9.17) is 19.0 Å². The summed E-state index contributed by atoms with van der Waals surface area (Å²) < 4.78 is 30.0. The van der Waals surface area contributed by atoms with Gasteiger partial charge < -0.3 is 14.2 Å². The van der Waals surface area contributed by atoms with Crippen LogP contribution in [0.15, 0.2) is 66.7 Å². The van der Waals surface area contributed by atoms with Crippen molar-refractivity contribution in [2.45, 2.75) is 12.1 Å². The van der Waals surface area contributed by atoms with E-state index in [0.717, 1.165) is 4.90 Å². The molecule has 8 nitrogen and oxygen atoms in total. The third kappa shape index (κ3) is 3.64. The Hall–Kier alpha value is -4.11. The fourth-order valence-corrected chi connectivity index (χ4v) is 4.67. The molecule has 0 bridgehead atoms. The molecule has 3 atom stereocenters. The lowest BCUT2D eigenvalue weighted by Gasteiger charge is -2.29. The molecule has 3 aromatic carbocycles. The quantitative estimate of drug-likeness (QED) is 0.498. The van der Waals surface area contributed by atoms with E-state index in [2.05, 4.69) is 0 Å². The van der Waals surface area contributed by atoms with Crippen LogP contribution >= 0.6 is 0 Å². The van der Waals surface area contributed by atoms with Crippen LogP contribution in [0.3, 0.4) is 0 Å². The zero-order valence-corrected chi connectivity index (χ0v) is 19.3. The lowest BCUT2D eigenvalue weighted by Crippen LogP contribution is -2.37. The minimum absolute atomic E-state index is 0.286. The van der Waals surface area contributed by atoms with Crippen LogP contribution in [0.5, 0.6) is 17.2 Å².